The normalized spacial score (nSPS) is 35.8. The smallest absolute Gasteiger partial charge is 0.0602 e. The first kappa shape index (κ1) is 8.79. The van der Waals surface area contributed by atoms with Gasteiger partial charge in [-0.15, -0.1) is 0 Å². The summed E-state index contributed by atoms with van der Waals surface area (Å²) in [6, 6.07) is 0. The van der Waals surface area contributed by atoms with Gasteiger partial charge < -0.3 is 5.11 Å². The number of allylic oxidation sites excluding steroid dienone is 1. The molecule has 0 unspecified atom stereocenters. The first-order valence-corrected chi connectivity index (χ1v) is 4.69. The van der Waals surface area contributed by atoms with E-state index < -0.39 is 0 Å². The molecule has 1 aliphatic carbocycles. The van der Waals surface area contributed by atoms with Crippen molar-refractivity contribution in [3.05, 3.63) is 12.2 Å². The van der Waals surface area contributed by atoms with Gasteiger partial charge in [-0.25, -0.2) is 0 Å². The molecule has 0 heterocycles. The monoisotopic (exact) mass is 154 g/mol. The molecule has 1 heteroatoms. The van der Waals surface area contributed by atoms with E-state index in [1.54, 1.807) is 0 Å². The number of aliphatic hydroxyl groups is 1. The van der Waals surface area contributed by atoms with Gasteiger partial charge in [-0.05, 0) is 25.7 Å². The van der Waals surface area contributed by atoms with Gasteiger partial charge in [-0.1, -0.05) is 25.5 Å². The maximum atomic E-state index is 9.62. The van der Waals surface area contributed by atoms with E-state index in [9.17, 15) is 5.11 Å². The van der Waals surface area contributed by atoms with Gasteiger partial charge in [0.05, 0.1) is 6.10 Å². The van der Waals surface area contributed by atoms with Crippen LogP contribution in [0.4, 0.5) is 0 Å². The zero-order valence-corrected chi connectivity index (χ0v) is 7.29. The van der Waals surface area contributed by atoms with Crippen LogP contribution >= 0.6 is 0 Å². The summed E-state index contributed by atoms with van der Waals surface area (Å²) in [5.74, 6) is 0.412. The molecule has 1 rings (SSSR count). The van der Waals surface area contributed by atoms with Gasteiger partial charge in [-0.3, -0.25) is 0 Å². The summed E-state index contributed by atoms with van der Waals surface area (Å²) in [5, 5.41) is 9.62. The van der Waals surface area contributed by atoms with Gasteiger partial charge in [0.2, 0.25) is 0 Å². The molecule has 1 N–H and O–H groups in total. The highest BCUT2D eigenvalue weighted by atomic mass is 16.3. The minimum absolute atomic E-state index is 0.0865. The molecule has 0 aromatic heterocycles. The Morgan fingerprint density at radius 2 is 2.27 bits per heavy atom. The van der Waals surface area contributed by atoms with Crippen molar-refractivity contribution in [2.24, 2.45) is 5.92 Å². The minimum Gasteiger partial charge on any atom is -0.393 e. The van der Waals surface area contributed by atoms with Crippen molar-refractivity contribution >= 4 is 0 Å². The topological polar surface area (TPSA) is 20.2 Å². The second-order valence-corrected chi connectivity index (χ2v) is 3.35. The molecule has 11 heavy (non-hydrogen) atoms. The molecule has 0 saturated heterocycles. The highest BCUT2D eigenvalue weighted by molar-refractivity contribution is 4.92. The molecule has 0 radical (unpaired) electrons. The fourth-order valence-electron chi connectivity index (χ4n) is 1.64. The Morgan fingerprint density at radius 1 is 1.45 bits per heavy atom. The lowest BCUT2D eigenvalue weighted by Crippen LogP contribution is -2.18. The van der Waals surface area contributed by atoms with E-state index in [0.29, 0.717) is 5.92 Å². The zero-order valence-electron chi connectivity index (χ0n) is 7.29. The van der Waals surface area contributed by atoms with Crippen LogP contribution in [0.25, 0.3) is 0 Å². The third-order valence-corrected chi connectivity index (χ3v) is 2.47. The van der Waals surface area contributed by atoms with E-state index in [4.69, 9.17) is 0 Å². The Kier molecular flexibility index (Phi) is 3.64. The summed E-state index contributed by atoms with van der Waals surface area (Å²) in [5.41, 5.74) is 0. The van der Waals surface area contributed by atoms with Crippen molar-refractivity contribution in [3.8, 4) is 0 Å². The summed E-state index contributed by atoms with van der Waals surface area (Å²) in [6.07, 6.45) is 9.99. The quantitative estimate of drug-likeness (QED) is 0.575. The average molecular weight is 154 g/mol. The molecule has 0 saturated carbocycles. The molecule has 0 bridgehead atoms. The number of rotatable bonds is 1. The minimum atomic E-state index is -0.0865. The molecule has 2 atom stereocenters. The Balaban J connectivity index is 2.48. The van der Waals surface area contributed by atoms with Gasteiger partial charge in [0.25, 0.3) is 0 Å². The van der Waals surface area contributed by atoms with E-state index in [0.717, 1.165) is 12.8 Å². The number of hydrogen-bond acceptors (Lipinski definition) is 1. The van der Waals surface area contributed by atoms with Crippen LogP contribution in [0.5, 0.6) is 0 Å². The Morgan fingerprint density at radius 3 is 3.00 bits per heavy atom. The lowest BCUT2D eigenvalue weighted by atomic mass is 9.92. The van der Waals surface area contributed by atoms with E-state index in [1.807, 2.05) is 0 Å². The third-order valence-electron chi connectivity index (χ3n) is 2.47. The van der Waals surface area contributed by atoms with E-state index in [2.05, 4.69) is 19.1 Å². The maximum Gasteiger partial charge on any atom is 0.0602 e. The van der Waals surface area contributed by atoms with Crippen LogP contribution in [0.2, 0.25) is 0 Å². The molecule has 0 aliphatic heterocycles. The standard InChI is InChI=1S/C10H18O/c1-2-9-7-5-3-4-6-8-10(9)11/h5,7,9-11H,2-4,6,8H2,1H3/b7-5-/t9-,10-/m1/s1. The van der Waals surface area contributed by atoms with Crippen LogP contribution < -0.4 is 0 Å². The van der Waals surface area contributed by atoms with Crippen molar-refractivity contribution in [1.82, 2.24) is 0 Å². The molecule has 0 spiro atoms. The highest BCUT2D eigenvalue weighted by Crippen LogP contribution is 2.19. The largest absolute Gasteiger partial charge is 0.393 e. The molecular formula is C10H18O. The SMILES string of the molecule is CC[C@@H]1/C=C\CCCC[C@H]1O. The van der Waals surface area contributed by atoms with Gasteiger partial charge in [0.15, 0.2) is 0 Å². The molecule has 0 aromatic carbocycles. The zero-order chi connectivity index (χ0) is 8.10. The lowest BCUT2D eigenvalue weighted by molar-refractivity contribution is 0.114. The molecule has 1 nitrogen and oxygen atoms in total. The summed E-state index contributed by atoms with van der Waals surface area (Å²) >= 11 is 0. The summed E-state index contributed by atoms with van der Waals surface area (Å²) in [7, 11) is 0. The fraction of sp³-hybridized carbons (Fsp3) is 0.800. The third kappa shape index (κ3) is 2.66. The second-order valence-electron chi connectivity index (χ2n) is 3.35. The number of aliphatic hydroxyl groups excluding tert-OH is 1. The molecule has 64 valence electrons. The van der Waals surface area contributed by atoms with Crippen LogP contribution in [0, 0.1) is 5.92 Å². The Labute approximate surface area is 69.1 Å². The van der Waals surface area contributed by atoms with Crippen LogP contribution in [-0.4, -0.2) is 11.2 Å². The van der Waals surface area contributed by atoms with Crippen molar-refractivity contribution in [3.63, 3.8) is 0 Å². The average Bonchev–Trinajstić information content (AvgIpc) is 1.98. The van der Waals surface area contributed by atoms with Crippen LogP contribution in [0.1, 0.15) is 39.0 Å². The molecular weight excluding hydrogens is 136 g/mol. The maximum absolute atomic E-state index is 9.62. The molecule has 0 aromatic rings. The van der Waals surface area contributed by atoms with Gasteiger partial charge in [0.1, 0.15) is 0 Å². The first-order valence-electron chi connectivity index (χ1n) is 4.69. The highest BCUT2D eigenvalue weighted by Gasteiger charge is 2.14. The van der Waals surface area contributed by atoms with Gasteiger partial charge >= 0.3 is 0 Å². The van der Waals surface area contributed by atoms with Crippen LogP contribution in [0.15, 0.2) is 12.2 Å². The summed E-state index contributed by atoms with van der Waals surface area (Å²) in [4.78, 5) is 0. The first-order chi connectivity index (χ1) is 5.34. The van der Waals surface area contributed by atoms with E-state index in [1.165, 1.54) is 19.3 Å². The molecule has 1 aliphatic rings. The van der Waals surface area contributed by atoms with Crippen LogP contribution in [0.3, 0.4) is 0 Å². The molecule has 0 amide bonds. The predicted molar refractivity (Wildman–Crippen MR) is 47.4 cm³/mol. The van der Waals surface area contributed by atoms with Gasteiger partial charge in [-0.2, -0.15) is 0 Å². The van der Waals surface area contributed by atoms with Crippen molar-refractivity contribution in [2.75, 3.05) is 0 Å². The van der Waals surface area contributed by atoms with Gasteiger partial charge in [0, 0.05) is 5.92 Å². The van der Waals surface area contributed by atoms with Crippen LogP contribution in [-0.2, 0) is 0 Å². The van der Waals surface area contributed by atoms with Crippen molar-refractivity contribution in [2.45, 2.75) is 45.1 Å². The van der Waals surface area contributed by atoms with E-state index >= 15 is 0 Å². The summed E-state index contributed by atoms with van der Waals surface area (Å²) in [6.45, 7) is 2.14. The predicted octanol–water partition coefficient (Wildman–Crippen LogP) is 2.50. The Bertz CT molecular complexity index is 129. The number of hydrogen-bond donors (Lipinski definition) is 1. The molecule has 0 fully saturated rings. The van der Waals surface area contributed by atoms with Crippen molar-refractivity contribution < 1.29 is 5.11 Å². The van der Waals surface area contributed by atoms with E-state index in [-0.39, 0.29) is 6.10 Å². The second kappa shape index (κ2) is 4.55. The lowest BCUT2D eigenvalue weighted by Gasteiger charge is -2.19. The fourth-order valence-corrected chi connectivity index (χ4v) is 1.64. The summed E-state index contributed by atoms with van der Waals surface area (Å²) < 4.78 is 0. The Hall–Kier alpha value is -0.300. The van der Waals surface area contributed by atoms with Crippen molar-refractivity contribution in [1.29, 1.82) is 0 Å².